The third-order valence-corrected chi connectivity index (χ3v) is 3.79. The van der Waals surface area contributed by atoms with Gasteiger partial charge >= 0.3 is 0 Å². The van der Waals surface area contributed by atoms with Crippen molar-refractivity contribution in [2.24, 2.45) is 0 Å². The normalized spacial score (nSPS) is 10.8. The summed E-state index contributed by atoms with van der Waals surface area (Å²) < 4.78 is 15.7. The van der Waals surface area contributed by atoms with Crippen molar-refractivity contribution in [3.63, 3.8) is 0 Å². The van der Waals surface area contributed by atoms with Crippen LogP contribution in [0.3, 0.4) is 0 Å². The van der Waals surface area contributed by atoms with E-state index in [9.17, 15) is 9.50 Å². The molecule has 2 aromatic carbocycles. The maximum Gasteiger partial charge on any atom is 0.140 e. The van der Waals surface area contributed by atoms with Crippen molar-refractivity contribution in [2.45, 2.75) is 6.54 Å². The SMILES string of the molecule is Oc1ccc(-c2nccn2Cc2ccc(F)c(Br)c2)cc1. The predicted octanol–water partition coefficient (Wildman–Crippen LogP) is 4.21. The molecule has 0 spiro atoms. The molecule has 0 saturated carbocycles. The number of hydrogen-bond donors (Lipinski definition) is 1. The molecule has 3 nitrogen and oxygen atoms in total. The molecule has 0 bridgehead atoms. The topological polar surface area (TPSA) is 38.1 Å². The standard InChI is InChI=1S/C16H12BrFN2O/c17-14-9-11(1-6-15(14)18)10-20-8-7-19-16(20)12-2-4-13(21)5-3-12/h1-9,21H,10H2. The Morgan fingerprint density at radius 3 is 2.62 bits per heavy atom. The molecule has 0 aliphatic carbocycles. The highest BCUT2D eigenvalue weighted by molar-refractivity contribution is 9.10. The third kappa shape index (κ3) is 2.97. The first kappa shape index (κ1) is 13.8. The van der Waals surface area contributed by atoms with E-state index >= 15 is 0 Å². The first-order valence-electron chi connectivity index (χ1n) is 6.38. The molecule has 0 atom stereocenters. The lowest BCUT2D eigenvalue weighted by Crippen LogP contribution is -2.01. The van der Waals surface area contributed by atoms with E-state index in [1.165, 1.54) is 6.07 Å². The Labute approximate surface area is 129 Å². The molecule has 0 radical (unpaired) electrons. The molecule has 0 aliphatic heterocycles. The molecule has 1 N–H and O–H groups in total. The van der Waals surface area contributed by atoms with Gasteiger partial charge in [-0.1, -0.05) is 6.07 Å². The van der Waals surface area contributed by atoms with Crippen molar-refractivity contribution in [3.8, 4) is 17.1 Å². The Morgan fingerprint density at radius 2 is 1.90 bits per heavy atom. The highest BCUT2D eigenvalue weighted by Crippen LogP contribution is 2.22. The van der Waals surface area contributed by atoms with Gasteiger partial charge in [-0.05, 0) is 57.9 Å². The first-order chi connectivity index (χ1) is 10.1. The van der Waals surface area contributed by atoms with Crippen LogP contribution >= 0.6 is 15.9 Å². The van der Waals surface area contributed by atoms with E-state index in [2.05, 4.69) is 20.9 Å². The van der Waals surface area contributed by atoms with Crippen molar-refractivity contribution in [1.29, 1.82) is 0 Å². The van der Waals surface area contributed by atoms with E-state index in [1.54, 1.807) is 30.5 Å². The number of halogens is 2. The van der Waals surface area contributed by atoms with Crippen LogP contribution in [0.1, 0.15) is 5.56 Å². The van der Waals surface area contributed by atoms with Crippen molar-refractivity contribution in [1.82, 2.24) is 9.55 Å². The van der Waals surface area contributed by atoms with Crippen LogP contribution in [0.15, 0.2) is 59.3 Å². The lowest BCUT2D eigenvalue weighted by Gasteiger charge is -2.09. The van der Waals surface area contributed by atoms with E-state index < -0.39 is 0 Å². The minimum atomic E-state index is -0.275. The average Bonchev–Trinajstić information content (AvgIpc) is 2.92. The quantitative estimate of drug-likeness (QED) is 0.771. The summed E-state index contributed by atoms with van der Waals surface area (Å²) in [6.07, 6.45) is 3.60. The fourth-order valence-electron chi connectivity index (χ4n) is 2.14. The molecule has 0 unspecified atom stereocenters. The van der Waals surface area contributed by atoms with E-state index in [-0.39, 0.29) is 11.6 Å². The minimum absolute atomic E-state index is 0.222. The zero-order chi connectivity index (χ0) is 14.8. The van der Waals surface area contributed by atoms with E-state index in [0.717, 1.165) is 17.0 Å². The number of aromatic nitrogens is 2. The van der Waals surface area contributed by atoms with Crippen LogP contribution in [0.25, 0.3) is 11.4 Å². The molecular weight excluding hydrogens is 335 g/mol. The fraction of sp³-hybridized carbons (Fsp3) is 0.0625. The van der Waals surface area contributed by atoms with E-state index in [4.69, 9.17) is 0 Å². The van der Waals surface area contributed by atoms with Crippen molar-refractivity contribution in [3.05, 3.63) is 70.7 Å². The molecule has 0 fully saturated rings. The molecule has 1 heterocycles. The number of rotatable bonds is 3. The van der Waals surface area contributed by atoms with Gasteiger partial charge in [-0.2, -0.15) is 0 Å². The Hall–Kier alpha value is -2.14. The second-order valence-corrected chi connectivity index (χ2v) is 5.53. The summed E-state index contributed by atoms with van der Waals surface area (Å²) in [4.78, 5) is 4.35. The van der Waals surface area contributed by atoms with Gasteiger partial charge in [0.05, 0.1) is 4.47 Å². The summed E-state index contributed by atoms with van der Waals surface area (Å²) >= 11 is 3.19. The number of nitrogens with zero attached hydrogens (tertiary/aromatic N) is 2. The lowest BCUT2D eigenvalue weighted by atomic mass is 10.2. The predicted molar refractivity (Wildman–Crippen MR) is 82.5 cm³/mol. The van der Waals surface area contributed by atoms with Crippen LogP contribution in [-0.4, -0.2) is 14.7 Å². The summed E-state index contributed by atoms with van der Waals surface area (Å²) in [5.74, 6) is 0.748. The molecule has 106 valence electrons. The van der Waals surface area contributed by atoms with E-state index in [1.807, 2.05) is 22.9 Å². The zero-order valence-electron chi connectivity index (χ0n) is 11.0. The largest absolute Gasteiger partial charge is 0.508 e. The number of phenols is 1. The average molecular weight is 347 g/mol. The highest BCUT2D eigenvalue weighted by Gasteiger charge is 2.08. The molecule has 1 aromatic heterocycles. The molecule has 0 aliphatic rings. The molecule has 21 heavy (non-hydrogen) atoms. The van der Waals surface area contributed by atoms with Gasteiger partial charge in [0, 0.05) is 24.5 Å². The Morgan fingerprint density at radius 1 is 1.14 bits per heavy atom. The van der Waals surface area contributed by atoms with Crippen molar-refractivity contribution < 1.29 is 9.50 Å². The Bertz CT molecular complexity index is 768. The number of benzene rings is 2. The van der Waals surface area contributed by atoms with Crippen molar-refractivity contribution in [2.75, 3.05) is 0 Å². The second kappa shape index (κ2) is 5.69. The second-order valence-electron chi connectivity index (χ2n) is 4.67. The van der Waals surface area contributed by atoms with Crippen LogP contribution in [0.2, 0.25) is 0 Å². The van der Waals surface area contributed by atoms with Gasteiger partial charge in [0.1, 0.15) is 17.4 Å². The van der Waals surface area contributed by atoms with Gasteiger partial charge in [-0.15, -0.1) is 0 Å². The molecule has 3 rings (SSSR count). The van der Waals surface area contributed by atoms with Gasteiger partial charge in [-0.25, -0.2) is 9.37 Å². The maximum atomic E-state index is 13.3. The monoisotopic (exact) mass is 346 g/mol. The van der Waals surface area contributed by atoms with Gasteiger partial charge < -0.3 is 9.67 Å². The zero-order valence-corrected chi connectivity index (χ0v) is 12.6. The minimum Gasteiger partial charge on any atom is -0.508 e. The van der Waals surface area contributed by atoms with Crippen molar-refractivity contribution >= 4 is 15.9 Å². The van der Waals surface area contributed by atoms with Crippen LogP contribution in [0, 0.1) is 5.82 Å². The Kier molecular flexibility index (Phi) is 3.75. The van der Waals surface area contributed by atoms with E-state index in [0.29, 0.717) is 11.0 Å². The fourth-order valence-corrected chi connectivity index (χ4v) is 2.57. The first-order valence-corrected chi connectivity index (χ1v) is 7.17. The van der Waals surface area contributed by atoms with Gasteiger partial charge in [0.15, 0.2) is 0 Å². The van der Waals surface area contributed by atoms with Gasteiger partial charge in [0.2, 0.25) is 0 Å². The number of hydrogen-bond acceptors (Lipinski definition) is 2. The van der Waals surface area contributed by atoms with Gasteiger partial charge in [-0.3, -0.25) is 0 Å². The summed E-state index contributed by atoms with van der Waals surface area (Å²) in [6.45, 7) is 0.592. The summed E-state index contributed by atoms with van der Waals surface area (Å²) in [6, 6.07) is 11.8. The van der Waals surface area contributed by atoms with Crippen LogP contribution in [0.4, 0.5) is 4.39 Å². The summed E-state index contributed by atoms with van der Waals surface area (Å²) in [7, 11) is 0. The number of aromatic hydroxyl groups is 1. The molecule has 3 aromatic rings. The van der Waals surface area contributed by atoms with Gasteiger partial charge in [0.25, 0.3) is 0 Å². The summed E-state index contributed by atoms with van der Waals surface area (Å²) in [5.41, 5.74) is 1.89. The summed E-state index contributed by atoms with van der Waals surface area (Å²) in [5, 5.41) is 9.35. The smallest absolute Gasteiger partial charge is 0.140 e. The number of imidazole rings is 1. The van der Waals surface area contributed by atoms with Crippen LogP contribution in [0.5, 0.6) is 5.75 Å². The number of phenolic OH excluding ortho intramolecular Hbond substituents is 1. The maximum absolute atomic E-state index is 13.3. The third-order valence-electron chi connectivity index (χ3n) is 3.18. The molecule has 0 saturated heterocycles. The van der Waals surface area contributed by atoms with Crippen LogP contribution in [-0.2, 0) is 6.54 Å². The Balaban J connectivity index is 1.92. The molecular formula is C16H12BrFN2O. The highest BCUT2D eigenvalue weighted by atomic mass is 79.9. The molecule has 0 amide bonds. The van der Waals surface area contributed by atoms with Crippen LogP contribution < -0.4 is 0 Å². The lowest BCUT2D eigenvalue weighted by molar-refractivity contribution is 0.475. The molecule has 5 heteroatoms.